The van der Waals surface area contributed by atoms with Crippen molar-refractivity contribution in [2.24, 2.45) is 0 Å². The van der Waals surface area contributed by atoms with Gasteiger partial charge in [-0.2, -0.15) is 0 Å². The second-order valence-electron chi connectivity index (χ2n) is 11.4. The van der Waals surface area contributed by atoms with Gasteiger partial charge < -0.3 is 34.1 Å². The van der Waals surface area contributed by atoms with E-state index in [0.717, 1.165) is 16.8 Å². The summed E-state index contributed by atoms with van der Waals surface area (Å²) in [5, 5.41) is 10.1. The number of hydrogen-bond donors (Lipinski definition) is 2. The molecular weight excluding hydrogens is 562 g/mol. The van der Waals surface area contributed by atoms with E-state index in [2.05, 4.69) is 31.8 Å². The standard InChI is InChI=1S/C30H34F2N6O5/c1-17(2)9-19-10-23(37-7-8-42-30(18(37)3)15-41-16-30)28(34-13-19)43-20-11-24(29(39)40)38(14-20)25-12-22(21-5-4-6-33-21)35-27(36-25)26(31)32/h4-6,9-10,12-13,18,20,24,26,33H,7-8,11,14-16H2,1-3H3,(H,39,40)/t18-,20-,24-/m0/s1. The van der Waals surface area contributed by atoms with Crippen LogP contribution in [-0.2, 0) is 14.3 Å². The molecule has 3 fully saturated rings. The number of H-pyrrole nitrogens is 1. The SMILES string of the molecule is CC(C)=Cc1cnc(O[C@H]2C[C@@H](C(=O)O)N(c3cc(-c4ccc[nH]4)nc(C(F)F)n3)C2)c(N2CCOC3(COC3)[C@@H]2C)c1. The summed E-state index contributed by atoms with van der Waals surface area (Å²) in [5.41, 5.74) is 3.15. The fourth-order valence-electron chi connectivity index (χ4n) is 5.92. The van der Waals surface area contributed by atoms with Gasteiger partial charge >= 0.3 is 5.97 Å². The average molecular weight is 597 g/mol. The zero-order valence-corrected chi connectivity index (χ0v) is 24.2. The first-order valence-corrected chi connectivity index (χ1v) is 14.2. The predicted octanol–water partition coefficient (Wildman–Crippen LogP) is 4.33. The molecule has 0 bridgehead atoms. The van der Waals surface area contributed by atoms with Crippen molar-refractivity contribution in [2.75, 3.05) is 42.7 Å². The van der Waals surface area contributed by atoms with E-state index < -0.39 is 36.0 Å². The molecule has 3 saturated heterocycles. The lowest BCUT2D eigenvalue weighted by atomic mass is 9.90. The molecule has 3 aromatic rings. The molecule has 228 valence electrons. The highest BCUT2D eigenvalue weighted by molar-refractivity contribution is 5.79. The van der Waals surface area contributed by atoms with Gasteiger partial charge in [0.05, 0.1) is 43.8 Å². The Kier molecular flexibility index (Phi) is 7.77. The van der Waals surface area contributed by atoms with E-state index >= 15 is 0 Å². The van der Waals surface area contributed by atoms with E-state index in [9.17, 15) is 18.7 Å². The maximum absolute atomic E-state index is 13.8. The zero-order valence-electron chi connectivity index (χ0n) is 24.2. The number of aliphatic carboxylic acids is 1. The van der Waals surface area contributed by atoms with Crippen LogP contribution in [0.3, 0.4) is 0 Å². The van der Waals surface area contributed by atoms with Gasteiger partial charge in [0.1, 0.15) is 29.3 Å². The summed E-state index contributed by atoms with van der Waals surface area (Å²) < 4.78 is 45.7. The third-order valence-corrected chi connectivity index (χ3v) is 8.18. The molecule has 1 spiro atoms. The number of aromatic amines is 1. The van der Waals surface area contributed by atoms with Crippen LogP contribution in [-0.4, -0.2) is 87.7 Å². The maximum Gasteiger partial charge on any atom is 0.326 e. The lowest BCUT2D eigenvalue weighted by molar-refractivity contribution is -0.228. The Morgan fingerprint density at radius 1 is 1.26 bits per heavy atom. The van der Waals surface area contributed by atoms with Crippen LogP contribution in [0.2, 0.25) is 0 Å². The molecule has 0 radical (unpaired) electrons. The molecule has 0 saturated carbocycles. The Bertz CT molecular complexity index is 1510. The molecule has 6 rings (SSSR count). The van der Waals surface area contributed by atoms with Gasteiger partial charge in [-0.1, -0.05) is 11.6 Å². The highest BCUT2D eigenvalue weighted by atomic mass is 19.3. The first-order chi connectivity index (χ1) is 20.6. The molecule has 3 aromatic heterocycles. The minimum absolute atomic E-state index is 0.0202. The van der Waals surface area contributed by atoms with E-state index in [0.29, 0.717) is 37.9 Å². The van der Waals surface area contributed by atoms with Crippen molar-refractivity contribution >= 4 is 23.6 Å². The van der Waals surface area contributed by atoms with E-state index in [-0.39, 0.29) is 30.5 Å². The molecule has 3 aliphatic rings. The van der Waals surface area contributed by atoms with Crippen LogP contribution in [0.15, 0.2) is 42.2 Å². The Morgan fingerprint density at radius 2 is 2.07 bits per heavy atom. The van der Waals surface area contributed by atoms with Gasteiger partial charge in [-0.3, -0.25) is 0 Å². The lowest BCUT2D eigenvalue weighted by Crippen LogP contribution is -2.68. The fourth-order valence-corrected chi connectivity index (χ4v) is 5.92. The van der Waals surface area contributed by atoms with Crippen molar-refractivity contribution in [2.45, 2.75) is 57.4 Å². The highest BCUT2D eigenvalue weighted by Crippen LogP contribution is 2.40. The molecular formula is C30H34F2N6O5. The topological polar surface area (TPSA) is 126 Å². The van der Waals surface area contributed by atoms with E-state index in [4.69, 9.17) is 14.2 Å². The molecule has 43 heavy (non-hydrogen) atoms. The number of hydrogen-bond acceptors (Lipinski definition) is 9. The summed E-state index contributed by atoms with van der Waals surface area (Å²) in [6.45, 7) is 8.36. The molecule has 3 atom stereocenters. The number of nitrogens with zero attached hydrogens (tertiary/aromatic N) is 5. The van der Waals surface area contributed by atoms with Gasteiger partial charge in [0.2, 0.25) is 5.88 Å². The van der Waals surface area contributed by atoms with Crippen molar-refractivity contribution in [1.82, 2.24) is 19.9 Å². The van der Waals surface area contributed by atoms with Crippen LogP contribution in [0.25, 0.3) is 17.5 Å². The summed E-state index contributed by atoms with van der Waals surface area (Å²) in [6, 6.07) is 5.89. The van der Waals surface area contributed by atoms with Gasteiger partial charge in [0.15, 0.2) is 5.82 Å². The van der Waals surface area contributed by atoms with Gasteiger partial charge in [-0.05, 0) is 44.5 Å². The number of aromatic nitrogens is 4. The molecule has 2 N–H and O–H groups in total. The smallest absolute Gasteiger partial charge is 0.326 e. The van der Waals surface area contributed by atoms with Crippen molar-refractivity contribution in [3.05, 3.63) is 53.6 Å². The molecule has 0 aromatic carbocycles. The van der Waals surface area contributed by atoms with E-state index in [1.165, 1.54) is 11.0 Å². The summed E-state index contributed by atoms with van der Waals surface area (Å²) in [4.78, 5) is 31.7. The first-order valence-electron chi connectivity index (χ1n) is 14.2. The number of anilines is 2. The van der Waals surface area contributed by atoms with Crippen LogP contribution >= 0.6 is 0 Å². The molecule has 11 nitrogen and oxygen atoms in total. The number of carboxylic acid groups (broad SMARTS) is 1. The van der Waals surface area contributed by atoms with Crippen molar-refractivity contribution < 1.29 is 32.9 Å². The molecule has 13 heteroatoms. The number of halogens is 2. The lowest BCUT2D eigenvalue weighted by Gasteiger charge is -2.53. The van der Waals surface area contributed by atoms with Crippen molar-refractivity contribution in [3.63, 3.8) is 0 Å². The molecule has 6 heterocycles. The second-order valence-corrected chi connectivity index (χ2v) is 11.4. The Balaban J connectivity index is 1.32. The number of carbonyl (C=O) groups is 1. The van der Waals surface area contributed by atoms with Crippen LogP contribution in [0, 0.1) is 0 Å². The Labute approximate surface area is 247 Å². The molecule has 0 aliphatic carbocycles. The summed E-state index contributed by atoms with van der Waals surface area (Å²) >= 11 is 0. The van der Waals surface area contributed by atoms with Gasteiger partial charge in [0, 0.05) is 31.4 Å². The maximum atomic E-state index is 13.8. The number of carboxylic acids is 1. The Morgan fingerprint density at radius 3 is 2.72 bits per heavy atom. The van der Waals surface area contributed by atoms with Crippen molar-refractivity contribution in [1.29, 1.82) is 0 Å². The van der Waals surface area contributed by atoms with Gasteiger partial charge in [-0.15, -0.1) is 0 Å². The van der Waals surface area contributed by atoms with Crippen LogP contribution in [0.5, 0.6) is 5.88 Å². The van der Waals surface area contributed by atoms with Gasteiger partial charge in [0.25, 0.3) is 6.43 Å². The van der Waals surface area contributed by atoms with Crippen LogP contribution in [0.4, 0.5) is 20.3 Å². The van der Waals surface area contributed by atoms with E-state index in [1.54, 1.807) is 24.5 Å². The Hall–Kier alpha value is -4.10. The number of nitrogens with one attached hydrogen (secondary N) is 1. The number of alkyl halides is 2. The van der Waals surface area contributed by atoms with Gasteiger partial charge in [-0.25, -0.2) is 28.5 Å². The first kappa shape index (κ1) is 29.0. The molecule has 3 aliphatic heterocycles. The number of allylic oxidation sites excluding steroid dienone is 1. The summed E-state index contributed by atoms with van der Waals surface area (Å²) in [6.07, 6.45) is 1.98. The minimum atomic E-state index is -2.93. The third-order valence-electron chi connectivity index (χ3n) is 8.18. The van der Waals surface area contributed by atoms with E-state index in [1.807, 2.05) is 26.0 Å². The zero-order chi connectivity index (χ0) is 30.3. The van der Waals surface area contributed by atoms with Crippen molar-refractivity contribution in [3.8, 4) is 17.3 Å². The third kappa shape index (κ3) is 5.66. The predicted molar refractivity (Wildman–Crippen MR) is 154 cm³/mol. The normalized spacial score (nSPS) is 23.0. The number of ether oxygens (including phenoxy) is 3. The average Bonchev–Trinajstić information content (AvgIpc) is 3.64. The number of pyridine rings is 1. The largest absolute Gasteiger partial charge is 0.480 e. The summed E-state index contributed by atoms with van der Waals surface area (Å²) in [7, 11) is 0. The molecule has 0 amide bonds. The number of morpholine rings is 1. The monoisotopic (exact) mass is 596 g/mol. The second kappa shape index (κ2) is 11.5. The number of rotatable bonds is 8. The quantitative estimate of drug-likeness (QED) is 0.388. The van der Waals surface area contributed by atoms with Crippen LogP contribution in [0.1, 0.15) is 45.0 Å². The summed E-state index contributed by atoms with van der Waals surface area (Å²) in [5.74, 6) is -1.32. The van der Waals surface area contributed by atoms with Crippen LogP contribution < -0.4 is 14.5 Å². The highest BCUT2D eigenvalue weighted by Gasteiger charge is 2.50. The fraction of sp³-hybridized carbons (Fsp3) is 0.467. The molecule has 0 unspecified atom stereocenters. The minimum Gasteiger partial charge on any atom is -0.480 e.